The number of hydrogen-bond acceptors (Lipinski definition) is 4. The maximum Gasteiger partial charge on any atom is 0.295 e. The minimum atomic E-state index is -0.641. The van der Waals surface area contributed by atoms with Gasteiger partial charge in [0.25, 0.3) is 5.09 Å². The maximum atomic E-state index is 10.6. The van der Waals surface area contributed by atoms with Gasteiger partial charge in [0.05, 0.1) is 0 Å². The van der Waals surface area contributed by atoms with Crippen LogP contribution in [-0.2, 0) is 4.84 Å². The second-order valence-electron chi connectivity index (χ2n) is 6.12. The van der Waals surface area contributed by atoms with Crippen molar-refractivity contribution >= 4 is 0 Å². The topological polar surface area (TPSA) is 72.6 Å². The molecule has 4 saturated carbocycles. The average molecular weight is 227 g/mol. The largest absolute Gasteiger partial charge is 0.396 e. The molecule has 2 unspecified atom stereocenters. The minimum Gasteiger partial charge on any atom is -0.396 e. The van der Waals surface area contributed by atoms with Gasteiger partial charge < -0.3 is 9.94 Å². The number of nitrogens with zero attached hydrogens (tertiary/aromatic N) is 1. The van der Waals surface area contributed by atoms with Gasteiger partial charge >= 0.3 is 0 Å². The zero-order chi connectivity index (χ0) is 11.4. The van der Waals surface area contributed by atoms with Gasteiger partial charge in [0, 0.05) is 6.61 Å². The van der Waals surface area contributed by atoms with Crippen LogP contribution in [0.25, 0.3) is 0 Å². The van der Waals surface area contributed by atoms with Crippen molar-refractivity contribution in [3.8, 4) is 0 Å². The molecule has 0 aromatic heterocycles. The van der Waals surface area contributed by atoms with Crippen molar-refractivity contribution in [1.29, 1.82) is 0 Å². The molecule has 4 bridgehead atoms. The van der Waals surface area contributed by atoms with Crippen LogP contribution in [0.3, 0.4) is 0 Å². The van der Waals surface area contributed by atoms with Crippen molar-refractivity contribution in [2.75, 3.05) is 6.61 Å². The van der Waals surface area contributed by atoms with E-state index in [1.165, 1.54) is 6.42 Å². The van der Waals surface area contributed by atoms with Crippen LogP contribution in [0, 0.1) is 27.4 Å². The molecule has 4 rings (SSSR count). The molecule has 5 heteroatoms. The summed E-state index contributed by atoms with van der Waals surface area (Å²) in [7, 11) is 0. The number of hydrogen-bond donors (Lipinski definition) is 1. The lowest BCUT2D eigenvalue weighted by atomic mass is 9.48. The predicted octanol–water partition coefficient (Wildman–Crippen LogP) is 1.53. The predicted molar refractivity (Wildman–Crippen MR) is 55.0 cm³/mol. The monoisotopic (exact) mass is 227 g/mol. The van der Waals surface area contributed by atoms with E-state index in [2.05, 4.69) is 0 Å². The van der Waals surface area contributed by atoms with Crippen LogP contribution in [0.4, 0.5) is 0 Å². The molecule has 4 aliphatic carbocycles. The molecule has 0 spiro atoms. The third-order valence-electron chi connectivity index (χ3n) is 4.73. The van der Waals surface area contributed by atoms with Crippen LogP contribution in [0.2, 0.25) is 0 Å². The Morgan fingerprint density at radius 2 is 1.94 bits per heavy atom. The summed E-state index contributed by atoms with van der Waals surface area (Å²) in [6.07, 6.45) is 5.53. The van der Waals surface area contributed by atoms with Crippen molar-refractivity contribution < 1.29 is 15.0 Å². The van der Waals surface area contributed by atoms with Gasteiger partial charge in [-0.2, -0.15) is 0 Å². The van der Waals surface area contributed by atoms with Crippen LogP contribution in [0.15, 0.2) is 0 Å². The molecule has 90 valence electrons. The molecule has 4 atom stereocenters. The van der Waals surface area contributed by atoms with E-state index in [-0.39, 0.29) is 12.0 Å². The summed E-state index contributed by atoms with van der Waals surface area (Å²) in [6, 6.07) is 0. The van der Waals surface area contributed by atoms with Crippen LogP contribution < -0.4 is 0 Å². The SMILES string of the molecule is O=[N+]([O-])OC12C[C@@H]3C[C@@H](CC(CO)(C3)C1)C2. The van der Waals surface area contributed by atoms with E-state index in [9.17, 15) is 15.2 Å². The first kappa shape index (κ1) is 10.3. The van der Waals surface area contributed by atoms with E-state index in [0.29, 0.717) is 18.3 Å². The molecule has 0 aromatic carbocycles. The Morgan fingerprint density at radius 1 is 1.31 bits per heavy atom. The quantitative estimate of drug-likeness (QED) is 0.586. The highest BCUT2D eigenvalue weighted by Gasteiger charge is 2.59. The summed E-state index contributed by atoms with van der Waals surface area (Å²) >= 11 is 0. The standard InChI is InChI=1S/C11H17NO4/c13-7-10-2-8-1-9(3-10)5-11(4-8,6-10)16-12(14)15/h8-9,13H,1-7H2/t8-,9+,10?,11?. The summed E-state index contributed by atoms with van der Waals surface area (Å²) in [5, 5.41) is 19.5. The van der Waals surface area contributed by atoms with Gasteiger partial charge in [-0.15, -0.1) is 10.1 Å². The molecule has 16 heavy (non-hydrogen) atoms. The van der Waals surface area contributed by atoms with E-state index in [1.54, 1.807) is 0 Å². The Bertz CT molecular complexity index is 316. The van der Waals surface area contributed by atoms with Crippen LogP contribution in [0.1, 0.15) is 38.5 Å². The molecule has 0 radical (unpaired) electrons. The molecule has 5 nitrogen and oxygen atoms in total. The highest BCUT2D eigenvalue weighted by molar-refractivity contribution is 5.08. The van der Waals surface area contributed by atoms with Gasteiger partial charge in [0.1, 0.15) is 5.60 Å². The van der Waals surface area contributed by atoms with E-state index < -0.39 is 10.7 Å². The lowest BCUT2D eigenvalue weighted by Crippen LogP contribution is -2.58. The van der Waals surface area contributed by atoms with E-state index >= 15 is 0 Å². The van der Waals surface area contributed by atoms with Crippen molar-refractivity contribution in [2.24, 2.45) is 17.3 Å². The third kappa shape index (κ3) is 1.41. The first-order valence-corrected chi connectivity index (χ1v) is 5.99. The highest BCUT2D eigenvalue weighted by atomic mass is 17.0. The summed E-state index contributed by atoms with van der Waals surface area (Å²) in [5.41, 5.74) is -0.656. The van der Waals surface area contributed by atoms with Crippen molar-refractivity contribution in [3.05, 3.63) is 10.1 Å². The Morgan fingerprint density at radius 3 is 2.44 bits per heavy atom. The average Bonchev–Trinajstić information content (AvgIpc) is 2.13. The summed E-state index contributed by atoms with van der Waals surface area (Å²) < 4.78 is 0. The number of aliphatic hydroxyl groups excluding tert-OH is 1. The number of rotatable bonds is 3. The second kappa shape index (κ2) is 3.09. The molecular weight excluding hydrogens is 210 g/mol. The first-order valence-electron chi connectivity index (χ1n) is 5.99. The zero-order valence-electron chi connectivity index (χ0n) is 9.22. The Kier molecular flexibility index (Phi) is 2.00. The molecule has 0 saturated heterocycles. The Labute approximate surface area is 93.9 Å². The van der Waals surface area contributed by atoms with Gasteiger partial charge in [-0.05, 0) is 55.8 Å². The zero-order valence-corrected chi connectivity index (χ0v) is 9.22. The lowest BCUT2D eigenvalue weighted by Gasteiger charge is -2.60. The lowest BCUT2D eigenvalue weighted by molar-refractivity contribution is -0.785. The number of aliphatic hydroxyl groups is 1. The fourth-order valence-electron chi connectivity index (χ4n) is 4.81. The molecule has 0 aliphatic heterocycles. The van der Waals surface area contributed by atoms with E-state index in [1.807, 2.05) is 0 Å². The summed E-state index contributed by atoms with van der Waals surface area (Å²) in [6.45, 7) is 0.156. The van der Waals surface area contributed by atoms with Crippen molar-refractivity contribution in [3.63, 3.8) is 0 Å². The van der Waals surface area contributed by atoms with Gasteiger partial charge in [-0.1, -0.05) is 0 Å². The maximum absolute atomic E-state index is 10.6. The normalized spacial score (nSPS) is 49.3. The molecule has 0 heterocycles. The van der Waals surface area contributed by atoms with Gasteiger partial charge in [-0.3, -0.25) is 0 Å². The fourth-order valence-corrected chi connectivity index (χ4v) is 4.81. The molecule has 4 fully saturated rings. The summed E-state index contributed by atoms with van der Waals surface area (Å²) in [4.78, 5) is 15.6. The summed E-state index contributed by atoms with van der Waals surface area (Å²) in [5.74, 6) is 1.04. The third-order valence-corrected chi connectivity index (χ3v) is 4.73. The Hall–Kier alpha value is -0.840. The van der Waals surface area contributed by atoms with Crippen molar-refractivity contribution in [2.45, 2.75) is 44.1 Å². The smallest absolute Gasteiger partial charge is 0.295 e. The molecule has 4 aliphatic rings. The van der Waals surface area contributed by atoms with Crippen LogP contribution >= 0.6 is 0 Å². The molecule has 0 amide bonds. The van der Waals surface area contributed by atoms with Crippen LogP contribution in [0.5, 0.6) is 0 Å². The van der Waals surface area contributed by atoms with Gasteiger partial charge in [0.2, 0.25) is 0 Å². The molecule has 1 N–H and O–H groups in total. The fraction of sp³-hybridized carbons (Fsp3) is 1.00. The van der Waals surface area contributed by atoms with E-state index in [4.69, 9.17) is 4.84 Å². The van der Waals surface area contributed by atoms with Gasteiger partial charge in [0.15, 0.2) is 0 Å². The van der Waals surface area contributed by atoms with Gasteiger partial charge in [-0.25, -0.2) is 0 Å². The van der Waals surface area contributed by atoms with Crippen LogP contribution in [-0.4, -0.2) is 22.4 Å². The first-order chi connectivity index (χ1) is 7.55. The van der Waals surface area contributed by atoms with E-state index in [0.717, 1.165) is 25.7 Å². The molecular formula is C11H17NO4. The molecule has 0 aromatic rings. The minimum absolute atomic E-state index is 0.0832. The second-order valence-corrected chi connectivity index (χ2v) is 6.12. The Balaban J connectivity index is 1.89. The van der Waals surface area contributed by atoms with Crippen molar-refractivity contribution in [1.82, 2.24) is 0 Å². The highest BCUT2D eigenvalue weighted by Crippen LogP contribution is 2.62.